The number of aromatic hydroxyl groups is 1. The maximum Gasteiger partial charge on any atom is 0.139 e. The van der Waals surface area contributed by atoms with Gasteiger partial charge in [0.05, 0.1) is 23.0 Å². The quantitative estimate of drug-likeness (QED) is 0.320. The van der Waals surface area contributed by atoms with Gasteiger partial charge < -0.3 is 19.5 Å². The smallest absolute Gasteiger partial charge is 0.139 e. The summed E-state index contributed by atoms with van der Waals surface area (Å²) in [6, 6.07) is 25.6. The molecule has 0 aromatic heterocycles. The van der Waals surface area contributed by atoms with Crippen LogP contribution in [0.2, 0.25) is 0 Å². The van der Waals surface area contributed by atoms with Crippen molar-refractivity contribution in [3.8, 4) is 28.7 Å². The molecule has 0 saturated heterocycles. The Morgan fingerprint density at radius 2 is 1.03 bits per heavy atom. The number of phenols is 1. The zero-order valence-electron chi connectivity index (χ0n) is 15.3. The zero-order valence-corrected chi connectivity index (χ0v) is 15.3. The maximum atomic E-state index is 10.7. The number of para-hydroxylation sites is 2. The summed E-state index contributed by atoms with van der Waals surface area (Å²) < 4.78 is 12.6. The Morgan fingerprint density at radius 3 is 1.60 bits per heavy atom. The third-order valence-corrected chi connectivity index (χ3v) is 6.02. The van der Waals surface area contributed by atoms with Crippen molar-refractivity contribution in [3.05, 3.63) is 95.6 Å². The molecule has 0 unspecified atom stereocenters. The first-order valence-electron chi connectivity index (χ1n) is 9.64. The molecule has 0 amide bonds. The van der Waals surface area contributed by atoms with Gasteiger partial charge in [-0.2, -0.15) is 0 Å². The van der Waals surface area contributed by atoms with Gasteiger partial charge in [0, 0.05) is 16.7 Å². The van der Waals surface area contributed by atoms with Gasteiger partial charge in [-0.1, -0.05) is 37.8 Å². The summed E-state index contributed by atoms with van der Waals surface area (Å²) in [6.07, 6.45) is 0. The SMILES string of the molecule is C.Oc1ccccc1N1c2cccc3c2C2c4c(cccc4Oc4cccc1c42)O3. The number of phenolic OH excluding ortho intramolecular Hbond substituents is 1. The minimum absolute atomic E-state index is 0. The number of benzene rings is 4. The lowest BCUT2D eigenvalue weighted by Gasteiger charge is -2.43. The van der Waals surface area contributed by atoms with E-state index >= 15 is 0 Å². The second-order valence-electron chi connectivity index (χ2n) is 7.51. The van der Waals surface area contributed by atoms with E-state index in [0.717, 1.165) is 56.8 Å². The minimum atomic E-state index is 0. The summed E-state index contributed by atoms with van der Waals surface area (Å²) in [5, 5.41) is 10.7. The Labute approximate surface area is 174 Å². The van der Waals surface area contributed by atoms with Crippen LogP contribution in [0.15, 0.2) is 78.9 Å². The van der Waals surface area contributed by atoms with Crippen molar-refractivity contribution in [1.82, 2.24) is 0 Å². The van der Waals surface area contributed by atoms with E-state index in [-0.39, 0.29) is 19.1 Å². The summed E-state index contributed by atoms with van der Waals surface area (Å²) in [5.74, 6) is 3.65. The monoisotopic (exact) mass is 393 g/mol. The van der Waals surface area contributed by atoms with Crippen LogP contribution in [0.5, 0.6) is 28.7 Å². The van der Waals surface area contributed by atoms with E-state index in [4.69, 9.17) is 9.47 Å². The maximum absolute atomic E-state index is 10.7. The van der Waals surface area contributed by atoms with Crippen molar-refractivity contribution in [1.29, 1.82) is 0 Å². The third kappa shape index (κ3) is 1.95. The Morgan fingerprint density at radius 1 is 0.567 bits per heavy atom. The van der Waals surface area contributed by atoms with Gasteiger partial charge in [-0.05, 0) is 48.5 Å². The highest BCUT2D eigenvalue weighted by Gasteiger charge is 2.44. The molecule has 4 aromatic carbocycles. The van der Waals surface area contributed by atoms with Crippen LogP contribution < -0.4 is 14.4 Å². The fraction of sp³-hybridized carbons (Fsp3) is 0.0769. The molecule has 4 nitrogen and oxygen atoms in total. The van der Waals surface area contributed by atoms with Crippen LogP contribution in [0.1, 0.15) is 30.0 Å². The molecule has 4 aromatic rings. The molecule has 0 fully saturated rings. The summed E-state index contributed by atoms with van der Waals surface area (Å²) in [5.41, 5.74) is 6.06. The topological polar surface area (TPSA) is 41.9 Å². The van der Waals surface area contributed by atoms with Gasteiger partial charge in [0.15, 0.2) is 0 Å². The average Bonchev–Trinajstić information content (AvgIpc) is 2.75. The molecule has 0 aliphatic carbocycles. The lowest BCUT2D eigenvalue weighted by atomic mass is 9.76. The molecule has 7 rings (SSSR count). The van der Waals surface area contributed by atoms with Crippen LogP contribution in [-0.2, 0) is 0 Å². The van der Waals surface area contributed by atoms with Crippen molar-refractivity contribution < 1.29 is 14.6 Å². The summed E-state index contributed by atoms with van der Waals surface area (Å²) >= 11 is 0. The van der Waals surface area contributed by atoms with Gasteiger partial charge in [0.2, 0.25) is 0 Å². The normalized spacial score (nSPS) is 14.2. The number of hydrogen-bond donors (Lipinski definition) is 1. The molecule has 1 N–H and O–H groups in total. The molecule has 3 aliphatic heterocycles. The van der Waals surface area contributed by atoms with Crippen molar-refractivity contribution >= 4 is 17.1 Å². The molecule has 146 valence electrons. The van der Waals surface area contributed by atoms with E-state index in [1.165, 1.54) is 0 Å². The number of nitrogens with zero attached hydrogens (tertiary/aromatic N) is 1. The predicted molar refractivity (Wildman–Crippen MR) is 117 cm³/mol. The Bertz CT molecular complexity index is 1270. The van der Waals surface area contributed by atoms with Gasteiger partial charge in [0.1, 0.15) is 28.7 Å². The van der Waals surface area contributed by atoms with Crippen molar-refractivity contribution in [2.75, 3.05) is 4.90 Å². The molecule has 4 heteroatoms. The zero-order chi connectivity index (χ0) is 19.1. The van der Waals surface area contributed by atoms with Crippen LogP contribution in [0.25, 0.3) is 0 Å². The third-order valence-electron chi connectivity index (χ3n) is 6.02. The van der Waals surface area contributed by atoms with Gasteiger partial charge in [-0.3, -0.25) is 0 Å². The van der Waals surface area contributed by atoms with E-state index in [1.807, 2.05) is 60.7 Å². The average molecular weight is 393 g/mol. The molecule has 0 saturated carbocycles. The number of hydrogen-bond acceptors (Lipinski definition) is 4. The first-order chi connectivity index (χ1) is 14.3. The van der Waals surface area contributed by atoms with Crippen LogP contribution >= 0.6 is 0 Å². The van der Waals surface area contributed by atoms with E-state index in [2.05, 4.69) is 17.0 Å². The molecule has 0 spiro atoms. The number of ether oxygens (including phenoxy) is 2. The van der Waals surface area contributed by atoms with Crippen molar-refractivity contribution in [2.45, 2.75) is 13.3 Å². The molecular weight excluding hydrogens is 374 g/mol. The van der Waals surface area contributed by atoms with E-state index in [1.54, 1.807) is 6.07 Å². The van der Waals surface area contributed by atoms with Gasteiger partial charge in [-0.25, -0.2) is 0 Å². The Hall–Kier alpha value is -3.92. The van der Waals surface area contributed by atoms with E-state index in [9.17, 15) is 5.11 Å². The second-order valence-corrected chi connectivity index (χ2v) is 7.51. The lowest BCUT2D eigenvalue weighted by Crippen LogP contribution is -2.27. The first-order valence-corrected chi connectivity index (χ1v) is 9.64. The number of rotatable bonds is 1. The molecule has 0 atom stereocenters. The molecule has 3 heterocycles. The first kappa shape index (κ1) is 17.0. The van der Waals surface area contributed by atoms with Crippen molar-refractivity contribution in [3.63, 3.8) is 0 Å². The van der Waals surface area contributed by atoms with Crippen LogP contribution in [0.4, 0.5) is 17.1 Å². The summed E-state index contributed by atoms with van der Waals surface area (Å²) in [7, 11) is 0. The van der Waals surface area contributed by atoms with Gasteiger partial charge in [0.25, 0.3) is 0 Å². The fourth-order valence-corrected chi connectivity index (χ4v) is 4.91. The molecule has 0 bridgehead atoms. The molecule has 3 aliphatic rings. The molecule has 0 radical (unpaired) electrons. The predicted octanol–water partition coefficient (Wildman–Crippen LogP) is 7.20. The van der Waals surface area contributed by atoms with Crippen LogP contribution in [0.3, 0.4) is 0 Å². The summed E-state index contributed by atoms with van der Waals surface area (Å²) in [6.45, 7) is 0. The van der Waals surface area contributed by atoms with Crippen LogP contribution in [-0.4, -0.2) is 5.11 Å². The highest BCUT2D eigenvalue weighted by atomic mass is 16.5. The minimum Gasteiger partial charge on any atom is -0.506 e. The standard InChI is InChI=1S/C25H15NO3.CH4/c27-17-9-2-1-6-14(17)26-15-7-3-10-18-22(15)25-23-16(26)8-4-11-19(23)29-21-13-5-12-20(28-18)24(21)25;/h1-13,25,27H;1H4. The highest BCUT2D eigenvalue weighted by Crippen LogP contribution is 2.64. The summed E-state index contributed by atoms with van der Waals surface area (Å²) in [4.78, 5) is 2.11. The largest absolute Gasteiger partial charge is 0.506 e. The van der Waals surface area contributed by atoms with E-state index < -0.39 is 0 Å². The molecule has 30 heavy (non-hydrogen) atoms. The van der Waals surface area contributed by atoms with E-state index in [0.29, 0.717) is 0 Å². The Kier molecular flexibility index (Phi) is 3.28. The molecular formula is C26H19NO3. The Balaban J connectivity index is 0.00000175. The second kappa shape index (κ2) is 5.80. The van der Waals surface area contributed by atoms with Crippen LogP contribution in [0, 0.1) is 0 Å². The number of anilines is 3. The van der Waals surface area contributed by atoms with Crippen molar-refractivity contribution in [2.24, 2.45) is 0 Å². The lowest BCUT2D eigenvalue weighted by molar-refractivity contribution is 0.408. The fourth-order valence-electron chi connectivity index (χ4n) is 4.91. The van der Waals surface area contributed by atoms with Gasteiger partial charge in [-0.15, -0.1) is 0 Å². The highest BCUT2D eigenvalue weighted by molar-refractivity contribution is 5.92. The van der Waals surface area contributed by atoms with Gasteiger partial charge >= 0.3 is 0 Å².